The Labute approximate surface area is 92.8 Å². The van der Waals surface area contributed by atoms with Crippen LogP contribution in [-0.4, -0.2) is 10.9 Å². The van der Waals surface area contributed by atoms with Crippen LogP contribution in [0.25, 0.3) is 0 Å². The van der Waals surface area contributed by atoms with E-state index in [1.54, 1.807) is 12.3 Å². The molecule has 3 nitrogen and oxygen atoms in total. The molecule has 1 fully saturated rings. The highest BCUT2D eigenvalue weighted by molar-refractivity contribution is 5.65. The Morgan fingerprint density at radius 3 is 2.50 bits per heavy atom. The standard InChI is InChI=1S/C11H15F2N3/c12-11(13)4-1-7(2-5-11)10-9(15)8(14)3-6-16-10/h3,6-7H,1-2,4-5,15H2,(H2,14,16). The maximum atomic E-state index is 13.0. The fourth-order valence-electron chi connectivity index (χ4n) is 2.14. The minimum atomic E-state index is -2.52. The predicted octanol–water partition coefficient (Wildman–Crippen LogP) is 2.54. The van der Waals surface area contributed by atoms with E-state index in [-0.39, 0.29) is 18.8 Å². The van der Waals surface area contributed by atoms with Crippen molar-refractivity contribution in [2.45, 2.75) is 37.5 Å². The number of halogens is 2. The number of hydrogen-bond acceptors (Lipinski definition) is 3. The molecule has 2 rings (SSSR count). The van der Waals surface area contributed by atoms with Crippen molar-refractivity contribution in [3.63, 3.8) is 0 Å². The number of hydrogen-bond donors (Lipinski definition) is 2. The molecule has 88 valence electrons. The highest BCUT2D eigenvalue weighted by Gasteiger charge is 2.36. The van der Waals surface area contributed by atoms with Crippen molar-refractivity contribution in [1.29, 1.82) is 0 Å². The molecule has 1 aromatic heterocycles. The molecular formula is C11H15F2N3. The average Bonchev–Trinajstić information content (AvgIpc) is 2.23. The van der Waals surface area contributed by atoms with Crippen LogP contribution in [0.5, 0.6) is 0 Å². The number of pyridine rings is 1. The normalized spacial score (nSPS) is 20.9. The third kappa shape index (κ3) is 2.08. The van der Waals surface area contributed by atoms with Crippen LogP contribution in [0, 0.1) is 0 Å². The molecule has 0 saturated heterocycles. The summed E-state index contributed by atoms with van der Waals surface area (Å²) in [6.45, 7) is 0. The molecule has 0 radical (unpaired) electrons. The number of nitrogen functional groups attached to an aromatic ring is 2. The van der Waals surface area contributed by atoms with Gasteiger partial charge in [0.25, 0.3) is 0 Å². The summed E-state index contributed by atoms with van der Waals surface area (Å²) < 4.78 is 26.0. The highest BCUT2D eigenvalue weighted by Crippen LogP contribution is 2.42. The summed E-state index contributed by atoms with van der Waals surface area (Å²) in [7, 11) is 0. The summed E-state index contributed by atoms with van der Waals surface area (Å²) in [4.78, 5) is 4.16. The lowest BCUT2D eigenvalue weighted by Crippen LogP contribution is -2.24. The second-order valence-electron chi connectivity index (χ2n) is 4.33. The van der Waals surface area contributed by atoms with E-state index in [0.29, 0.717) is 29.9 Å². The van der Waals surface area contributed by atoms with Crippen LogP contribution in [0.15, 0.2) is 12.3 Å². The van der Waals surface area contributed by atoms with Gasteiger partial charge in [-0.3, -0.25) is 4.98 Å². The summed E-state index contributed by atoms with van der Waals surface area (Å²) in [5, 5.41) is 0. The van der Waals surface area contributed by atoms with Gasteiger partial charge in [0.05, 0.1) is 17.1 Å². The number of nitrogens with zero attached hydrogens (tertiary/aromatic N) is 1. The molecule has 16 heavy (non-hydrogen) atoms. The third-order valence-electron chi connectivity index (χ3n) is 3.16. The van der Waals surface area contributed by atoms with Gasteiger partial charge in [0.15, 0.2) is 0 Å². The molecule has 1 aliphatic rings. The van der Waals surface area contributed by atoms with E-state index in [1.807, 2.05) is 0 Å². The molecular weight excluding hydrogens is 212 g/mol. The van der Waals surface area contributed by atoms with Gasteiger partial charge >= 0.3 is 0 Å². The van der Waals surface area contributed by atoms with Crippen LogP contribution in [-0.2, 0) is 0 Å². The molecule has 5 heteroatoms. The number of aromatic nitrogens is 1. The summed E-state index contributed by atoms with van der Waals surface area (Å²) in [6.07, 6.45) is 2.25. The zero-order valence-corrected chi connectivity index (χ0v) is 8.92. The molecule has 0 unspecified atom stereocenters. The minimum absolute atomic E-state index is 0.0168. The zero-order valence-electron chi connectivity index (χ0n) is 8.92. The van der Waals surface area contributed by atoms with E-state index in [9.17, 15) is 8.78 Å². The van der Waals surface area contributed by atoms with Crippen molar-refractivity contribution >= 4 is 11.4 Å². The average molecular weight is 227 g/mol. The number of rotatable bonds is 1. The molecule has 1 saturated carbocycles. The van der Waals surface area contributed by atoms with Crippen molar-refractivity contribution < 1.29 is 8.78 Å². The Balaban J connectivity index is 2.17. The molecule has 0 bridgehead atoms. The smallest absolute Gasteiger partial charge is 0.248 e. The summed E-state index contributed by atoms with van der Waals surface area (Å²) >= 11 is 0. The molecule has 0 aromatic carbocycles. The topological polar surface area (TPSA) is 64.9 Å². The van der Waals surface area contributed by atoms with Crippen molar-refractivity contribution in [2.24, 2.45) is 0 Å². The Morgan fingerprint density at radius 1 is 1.25 bits per heavy atom. The lowest BCUT2D eigenvalue weighted by atomic mass is 9.84. The van der Waals surface area contributed by atoms with Gasteiger partial charge < -0.3 is 11.5 Å². The maximum absolute atomic E-state index is 13.0. The van der Waals surface area contributed by atoms with E-state index in [0.717, 1.165) is 0 Å². The monoisotopic (exact) mass is 227 g/mol. The van der Waals surface area contributed by atoms with Gasteiger partial charge in [-0.25, -0.2) is 8.78 Å². The lowest BCUT2D eigenvalue weighted by molar-refractivity contribution is -0.0384. The largest absolute Gasteiger partial charge is 0.397 e. The fourth-order valence-corrected chi connectivity index (χ4v) is 2.14. The van der Waals surface area contributed by atoms with Crippen LogP contribution in [0.1, 0.15) is 37.3 Å². The van der Waals surface area contributed by atoms with Crippen LogP contribution < -0.4 is 11.5 Å². The number of alkyl halides is 2. The molecule has 0 aliphatic heterocycles. The molecule has 4 N–H and O–H groups in total. The van der Waals surface area contributed by atoms with Gasteiger partial charge in [-0.2, -0.15) is 0 Å². The Morgan fingerprint density at radius 2 is 1.88 bits per heavy atom. The van der Waals surface area contributed by atoms with E-state index < -0.39 is 5.92 Å². The first-order valence-electron chi connectivity index (χ1n) is 5.37. The van der Waals surface area contributed by atoms with Crippen molar-refractivity contribution in [2.75, 3.05) is 11.5 Å². The van der Waals surface area contributed by atoms with Crippen molar-refractivity contribution in [3.05, 3.63) is 18.0 Å². The predicted molar refractivity (Wildman–Crippen MR) is 59.2 cm³/mol. The van der Waals surface area contributed by atoms with Crippen molar-refractivity contribution in [1.82, 2.24) is 4.98 Å². The molecule has 1 aliphatic carbocycles. The summed E-state index contributed by atoms with van der Waals surface area (Å²) in [6, 6.07) is 1.62. The van der Waals surface area contributed by atoms with E-state index in [1.165, 1.54) is 0 Å². The van der Waals surface area contributed by atoms with E-state index in [4.69, 9.17) is 11.5 Å². The van der Waals surface area contributed by atoms with Gasteiger partial charge in [-0.15, -0.1) is 0 Å². The second kappa shape index (κ2) is 3.88. The van der Waals surface area contributed by atoms with Gasteiger partial charge in [0, 0.05) is 25.0 Å². The van der Waals surface area contributed by atoms with Gasteiger partial charge in [0.2, 0.25) is 5.92 Å². The number of nitrogens with two attached hydrogens (primary N) is 2. The molecule has 1 aromatic rings. The Hall–Kier alpha value is -1.39. The first-order valence-corrected chi connectivity index (χ1v) is 5.37. The van der Waals surface area contributed by atoms with E-state index >= 15 is 0 Å². The van der Waals surface area contributed by atoms with Crippen LogP contribution in [0.3, 0.4) is 0 Å². The lowest BCUT2D eigenvalue weighted by Gasteiger charge is -2.28. The molecule has 0 spiro atoms. The first-order chi connectivity index (χ1) is 7.49. The molecule has 1 heterocycles. The van der Waals surface area contributed by atoms with Crippen LogP contribution in [0.2, 0.25) is 0 Å². The fraction of sp³-hybridized carbons (Fsp3) is 0.545. The van der Waals surface area contributed by atoms with Crippen LogP contribution >= 0.6 is 0 Å². The Kier molecular flexibility index (Phi) is 2.69. The molecule has 0 atom stereocenters. The van der Waals surface area contributed by atoms with Gasteiger partial charge in [-0.1, -0.05) is 0 Å². The minimum Gasteiger partial charge on any atom is -0.397 e. The SMILES string of the molecule is Nc1ccnc(C2CCC(F)(F)CC2)c1N. The summed E-state index contributed by atoms with van der Waals surface area (Å²) in [5.74, 6) is -2.51. The number of anilines is 2. The first kappa shape index (κ1) is 11.1. The third-order valence-corrected chi connectivity index (χ3v) is 3.16. The van der Waals surface area contributed by atoms with Crippen molar-refractivity contribution in [3.8, 4) is 0 Å². The van der Waals surface area contributed by atoms with Gasteiger partial charge in [-0.05, 0) is 18.9 Å². The van der Waals surface area contributed by atoms with E-state index in [2.05, 4.69) is 4.98 Å². The summed E-state index contributed by atoms with van der Waals surface area (Å²) in [5.41, 5.74) is 13.1. The Bertz CT molecular complexity index is 383. The highest BCUT2D eigenvalue weighted by atomic mass is 19.3. The second-order valence-corrected chi connectivity index (χ2v) is 4.33. The van der Waals surface area contributed by atoms with Gasteiger partial charge in [0.1, 0.15) is 0 Å². The molecule has 0 amide bonds. The maximum Gasteiger partial charge on any atom is 0.248 e. The van der Waals surface area contributed by atoms with Crippen LogP contribution in [0.4, 0.5) is 20.2 Å². The zero-order chi connectivity index (χ0) is 11.8. The quantitative estimate of drug-likeness (QED) is 0.774.